The number of imide groups is 1. The molecule has 2 saturated heterocycles. The van der Waals surface area contributed by atoms with Gasteiger partial charge in [-0.15, -0.1) is 10.2 Å². The van der Waals surface area contributed by atoms with Crippen LogP contribution < -0.4 is 11.1 Å². The molecule has 4 N–H and O–H groups in total. The molecule has 1 atom stereocenters. The molecule has 4 heterocycles. The summed E-state index contributed by atoms with van der Waals surface area (Å²) in [7, 11) is 0. The van der Waals surface area contributed by atoms with Gasteiger partial charge in [-0.2, -0.15) is 0 Å². The Kier molecular flexibility index (Phi) is 9.88. The van der Waals surface area contributed by atoms with Crippen molar-refractivity contribution in [1.29, 1.82) is 0 Å². The first-order chi connectivity index (χ1) is 25.9. The molecule has 53 heavy (non-hydrogen) atoms. The zero-order valence-electron chi connectivity index (χ0n) is 29.9. The smallest absolute Gasteiger partial charge is 0.249 e. The molecule has 1 unspecified atom stereocenters. The van der Waals surface area contributed by atoms with E-state index in [0.717, 1.165) is 74.3 Å². The number of nitrogens with two attached hydrogens (primary N) is 1. The summed E-state index contributed by atoms with van der Waals surface area (Å²) in [6, 6.07) is 31.9. The number of piperidine rings is 1. The van der Waals surface area contributed by atoms with E-state index in [-0.39, 0.29) is 23.6 Å². The topological polar surface area (TPSA) is 130 Å². The van der Waals surface area contributed by atoms with Crippen molar-refractivity contribution >= 4 is 39.4 Å². The Morgan fingerprint density at radius 2 is 1.53 bits per heavy atom. The molecule has 0 spiro atoms. The molecule has 10 nitrogen and oxygen atoms in total. The molecule has 2 aliphatic heterocycles. The summed E-state index contributed by atoms with van der Waals surface area (Å²) in [4.78, 5) is 29.9. The Labute approximate surface area is 309 Å². The predicted octanol–water partition coefficient (Wildman–Crippen LogP) is 6.71. The minimum Gasteiger partial charge on any atom is -0.507 e. The van der Waals surface area contributed by atoms with Crippen LogP contribution >= 0.6 is 0 Å². The van der Waals surface area contributed by atoms with E-state index in [0.29, 0.717) is 29.9 Å². The average molecular weight is 708 g/mol. The van der Waals surface area contributed by atoms with E-state index in [9.17, 15) is 14.7 Å². The van der Waals surface area contributed by atoms with Gasteiger partial charge in [-0.05, 0) is 79.3 Å². The second-order valence-corrected chi connectivity index (χ2v) is 14.3. The molecule has 8 rings (SSSR count). The molecule has 0 radical (unpaired) electrons. The van der Waals surface area contributed by atoms with E-state index >= 15 is 0 Å². The van der Waals surface area contributed by atoms with Crippen molar-refractivity contribution in [2.75, 3.05) is 38.5 Å². The van der Waals surface area contributed by atoms with Gasteiger partial charge < -0.3 is 20.3 Å². The number of hydrogen-bond donors (Lipinski definition) is 3. The van der Waals surface area contributed by atoms with Crippen LogP contribution in [0, 0.1) is 0 Å². The lowest BCUT2D eigenvalue weighted by Crippen LogP contribution is -2.46. The van der Waals surface area contributed by atoms with Gasteiger partial charge in [-0.25, -0.2) is 0 Å². The Bertz CT molecular complexity index is 2270. The Balaban J connectivity index is 0.821. The number of nitrogen functional groups attached to an aromatic ring is 1. The van der Waals surface area contributed by atoms with Gasteiger partial charge in [0.25, 0.3) is 0 Å². The number of aryl methyl sites for hydroxylation is 1. The van der Waals surface area contributed by atoms with E-state index < -0.39 is 0 Å². The van der Waals surface area contributed by atoms with E-state index in [4.69, 9.17) is 5.73 Å². The number of hydrogen-bond acceptors (Lipinski definition) is 8. The summed E-state index contributed by atoms with van der Waals surface area (Å²) in [6.45, 7) is 6.27. The molecule has 270 valence electrons. The number of fused-ring (bicyclic) bond motifs is 3. The number of benzene rings is 4. The normalized spacial score (nSPS) is 17.1. The molecule has 2 amide bonds. The number of aromatic hydroxyl groups is 1. The molecule has 2 aliphatic rings. The van der Waals surface area contributed by atoms with Gasteiger partial charge in [0.15, 0.2) is 5.82 Å². The number of aromatic nitrogens is 3. The van der Waals surface area contributed by atoms with Crippen LogP contribution in [-0.2, 0) is 22.6 Å². The standard InChI is InChI=1S/C43H45N7O3/c44-42-34(27-35(46-47-42)32-11-4-6-15-39(32)51)30-18-16-29(17-19-30)28-49-25-23-48(24-26-49)22-7-1-2-9-31-10-8-14-37-41(31)33-12-3-5-13-36(33)50(37)38-20-21-40(52)45-43(38)53/h3-6,8,10-19,27,38,51H,1-2,7,9,20-26,28H2,(H2,44,47)(H,45,52,53). The third-order valence-electron chi connectivity index (χ3n) is 10.9. The van der Waals surface area contributed by atoms with E-state index in [1.165, 1.54) is 34.7 Å². The van der Waals surface area contributed by atoms with E-state index in [1.54, 1.807) is 12.1 Å². The number of amides is 2. The third-order valence-corrected chi connectivity index (χ3v) is 10.9. The number of rotatable bonds is 11. The lowest BCUT2D eigenvalue weighted by molar-refractivity contribution is -0.135. The van der Waals surface area contributed by atoms with Crippen molar-refractivity contribution in [2.45, 2.75) is 51.1 Å². The van der Waals surface area contributed by atoms with Gasteiger partial charge in [0.1, 0.15) is 11.8 Å². The van der Waals surface area contributed by atoms with Crippen molar-refractivity contribution in [2.24, 2.45) is 0 Å². The largest absolute Gasteiger partial charge is 0.507 e. The van der Waals surface area contributed by atoms with Crippen LogP contribution in [0.2, 0.25) is 0 Å². The first-order valence-electron chi connectivity index (χ1n) is 18.7. The van der Waals surface area contributed by atoms with Crippen molar-refractivity contribution in [3.05, 3.63) is 108 Å². The summed E-state index contributed by atoms with van der Waals surface area (Å²) >= 11 is 0. The van der Waals surface area contributed by atoms with E-state index in [2.05, 4.69) is 90.5 Å². The average Bonchev–Trinajstić information content (AvgIpc) is 3.51. The fourth-order valence-corrected chi connectivity index (χ4v) is 8.10. The van der Waals surface area contributed by atoms with Crippen molar-refractivity contribution in [1.82, 2.24) is 29.9 Å². The maximum absolute atomic E-state index is 12.9. The second-order valence-electron chi connectivity index (χ2n) is 14.3. The number of carbonyl (C=O) groups is 2. The maximum atomic E-state index is 12.9. The number of phenols is 1. The van der Waals surface area contributed by atoms with Crippen LogP contribution in [0.1, 0.15) is 49.3 Å². The molecule has 0 aliphatic carbocycles. The molecule has 0 bridgehead atoms. The number of unbranched alkanes of at least 4 members (excludes halogenated alkanes) is 2. The summed E-state index contributed by atoms with van der Waals surface area (Å²) in [5.74, 6) is 0.121. The first kappa shape index (κ1) is 34.5. The Morgan fingerprint density at radius 1 is 0.774 bits per heavy atom. The fourth-order valence-electron chi connectivity index (χ4n) is 8.10. The number of para-hydroxylation sites is 2. The van der Waals surface area contributed by atoms with Crippen LogP contribution in [0.4, 0.5) is 5.82 Å². The monoisotopic (exact) mass is 707 g/mol. The number of anilines is 1. The minimum absolute atomic E-state index is 0.161. The van der Waals surface area contributed by atoms with Crippen molar-refractivity contribution in [3.8, 4) is 28.1 Å². The highest BCUT2D eigenvalue weighted by molar-refractivity contribution is 6.11. The van der Waals surface area contributed by atoms with E-state index in [1.807, 2.05) is 24.3 Å². The maximum Gasteiger partial charge on any atom is 0.249 e. The van der Waals surface area contributed by atoms with Crippen LogP contribution in [0.15, 0.2) is 97.1 Å². The second kappa shape index (κ2) is 15.2. The summed E-state index contributed by atoms with van der Waals surface area (Å²) in [5, 5.41) is 23.6. The quantitative estimate of drug-likeness (QED) is 0.100. The molecule has 10 heteroatoms. The van der Waals surface area contributed by atoms with Crippen LogP contribution in [0.3, 0.4) is 0 Å². The van der Waals surface area contributed by atoms with Gasteiger partial charge in [0.05, 0.1) is 11.2 Å². The van der Waals surface area contributed by atoms with Gasteiger partial charge >= 0.3 is 0 Å². The zero-order chi connectivity index (χ0) is 36.3. The summed E-state index contributed by atoms with van der Waals surface area (Å²) in [6.07, 6.45) is 5.34. The predicted molar refractivity (Wildman–Crippen MR) is 209 cm³/mol. The molecular weight excluding hydrogens is 663 g/mol. The van der Waals surface area contributed by atoms with Crippen LogP contribution in [0.25, 0.3) is 44.2 Å². The molecule has 2 aromatic heterocycles. The molecule has 4 aromatic carbocycles. The Hall–Kier alpha value is -5.58. The summed E-state index contributed by atoms with van der Waals surface area (Å²) in [5.41, 5.74) is 13.9. The highest BCUT2D eigenvalue weighted by Crippen LogP contribution is 2.37. The van der Waals surface area contributed by atoms with Crippen molar-refractivity contribution in [3.63, 3.8) is 0 Å². The van der Waals surface area contributed by atoms with Crippen LogP contribution in [-0.4, -0.2) is 74.2 Å². The van der Waals surface area contributed by atoms with Gasteiger partial charge in [-0.1, -0.05) is 73.2 Å². The zero-order valence-corrected chi connectivity index (χ0v) is 29.9. The number of phenolic OH excluding ortho intramolecular Hbond substituents is 1. The lowest BCUT2D eigenvalue weighted by Gasteiger charge is -2.34. The number of nitrogens with one attached hydrogen (secondary N) is 1. The number of nitrogens with zero attached hydrogens (tertiary/aromatic N) is 5. The Morgan fingerprint density at radius 3 is 2.34 bits per heavy atom. The lowest BCUT2D eigenvalue weighted by atomic mass is 10.0. The summed E-state index contributed by atoms with van der Waals surface area (Å²) < 4.78 is 2.15. The molecule has 6 aromatic rings. The third kappa shape index (κ3) is 7.25. The molecular formula is C43H45N7O3. The SMILES string of the molecule is Nc1nnc(-c2ccccc2O)cc1-c1ccc(CN2CCN(CCCCCc3cccc4c3c3ccccc3n4C3CCC(=O)NC3=O)CC2)cc1. The molecule has 0 saturated carbocycles. The van der Waals surface area contributed by atoms with Gasteiger partial charge in [0, 0.05) is 66.6 Å². The molecule has 2 fully saturated rings. The minimum atomic E-state index is -0.381. The number of carbonyl (C=O) groups excluding carboxylic acids is 2. The van der Waals surface area contributed by atoms with Gasteiger partial charge in [0.2, 0.25) is 11.8 Å². The number of piperazine rings is 1. The highest BCUT2D eigenvalue weighted by Gasteiger charge is 2.30. The fraction of sp³-hybridized carbons (Fsp3) is 0.302. The first-order valence-corrected chi connectivity index (χ1v) is 18.7. The highest BCUT2D eigenvalue weighted by atomic mass is 16.3. The van der Waals surface area contributed by atoms with Crippen LogP contribution in [0.5, 0.6) is 5.75 Å². The van der Waals surface area contributed by atoms with Crippen molar-refractivity contribution < 1.29 is 14.7 Å². The van der Waals surface area contributed by atoms with Gasteiger partial charge in [-0.3, -0.25) is 19.8 Å².